The van der Waals surface area contributed by atoms with Crippen molar-refractivity contribution in [3.05, 3.63) is 59.2 Å². The van der Waals surface area contributed by atoms with Gasteiger partial charge in [-0.3, -0.25) is 0 Å². The van der Waals surface area contributed by atoms with E-state index in [0.29, 0.717) is 17.9 Å². The van der Waals surface area contributed by atoms with E-state index < -0.39 is 0 Å². The smallest absolute Gasteiger partial charge is 0.343 e. The van der Waals surface area contributed by atoms with Gasteiger partial charge in [0.05, 0.1) is 12.2 Å². The van der Waals surface area contributed by atoms with Crippen molar-refractivity contribution in [3.8, 4) is 11.5 Å². The molecule has 0 saturated heterocycles. The topological polar surface area (TPSA) is 35.5 Å². The number of benzene rings is 2. The molecule has 0 saturated carbocycles. The molecule has 0 aliphatic heterocycles. The van der Waals surface area contributed by atoms with Crippen molar-refractivity contribution in [2.24, 2.45) is 0 Å². The quantitative estimate of drug-likeness (QED) is 0.440. The van der Waals surface area contributed by atoms with E-state index in [1.807, 2.05) is 32.0 Å². The molecule has 0 aliphatic carbocycles. The van der Waals surface area contributed by atoms with Crippen molar-refractivity contribution >= 4 is 5.97 Å². The van der Waals surface area contributed by atoms with Gasteiger partial charge in [0.1, 0.15) is 11.5 Å². The summed E-state index contributed by atoms with van der Waals surface area (Å²) < 4.78 is 11.1. The monoisotopic (exact) mass is 298 g/mol. The van der Waals surface area contributed by atoms with Crippen LogP contribution < -0.4 is 9.47 Å². The number of rotatable bonds is 6. The molecule has 22 heavy (non-hydrogen) atoms. The zero-order chi connectivity index (χ0) is 15.9. The Hall–Kier alpha value is -2.29. The molecule has 0 amide bonds. The molecule has 2 aromatic carbocycles. The zero-order valence-electron chi connectivity index (χ0n) is 13.4. The molecule has 0 atom stereocenters. The van der Waals surface area contributed by atoms with Crippen LogP contribution in [0.5, 0.6) is 11.5 Å². The third-order valence-electron chi connectivity index (χ3n) is 3.40. The Morgan fingerprint density at radius 3 is 2.45 bits per heavy atom. The second-order valence-corrected chi connectivity index (χ2v) is 5.38. The number of hydrogen-bond acceptors (Lipinski definition) is 3. The van der Waals surface area contributed by atoms with Gasteiger partial charge in [-0.2, -0.15) is 0 Å². The second kappa shape index (κ2) is 7.64. The Kier molecular flexibility index (Phi) is 5.59. The van der Waals surface area contributed by atoms with Gasteiger partial charge in [-0.1, -0.05) is 25.5 Å². The summed E-state index contributed by atoms with van der Waals surface area (Å²) in [6.07, 6.45) is 2.12. The Bertz CT molecular complexity index is 630. The van der Waals surface area contributed by atoms with Crippen LogP contribution in [0.3, 0.4) is 0 Å². The number of unbranched alkanes of at least 4 members (excludes halogenated alkanes) is 1. The van der Waals surface area contributed by atoms with E-state index in [9.17, 15) is 4.79 Å². The number of ether oxygens (including phenoxy) is 2. The number of hydrogen-bond donors (Lipinski definition) is 0. The number of aryl methyl sites for hydroxylation is 2. The van der Waals surface area contributed by atoms with Crippen LogP contribution in [0.4, 0.5) is 0 Å². The van der Waals surface area contributed by atoms with Gasteiger partial charge in [-0.05, 0) is 61.7 Å². The van der Waals surface area contributed by atoms with Crippen LogP contribution in [0.2, 0.25) is 0 Å². The van der Waals surface area contributed by atoms with Gasteiger partial charge in [-0.25, -0.2) is 4.79 Å². The Balaban J connectivity index is 2.02. The van der Waals surface area contributed by atoms with Crippen LogP contribution in [0, 0.1) is 13.8 Å². The van der Waals surface area contributed by atoms with Gasteiger partial charge in [0.2, 0.25) is 0 Å². The number of carbonyl (C=O) groups excluding carboxylic acids is 1. The highest BCUT2D eigenvalue weighted by molar-refractivity contribution is 5.91. The lowest BCUT2D eigenvalue weighted by Crippen LogP contribution is -2.09. The lowest BCUT2D eigenvalue weighted by molar-refractivity contribution is 0.0733. The molecule has 0 radical (unpaired) electrons. The van der Waals surface area contributed by atoms with Crippen molar-refractivity contribution in [3.63, 3.8) is 0 Å². The summed E-state index contributed by atoms with van der Waals surface area (Å²) in [6, 6.07) is 12.9. The molecule has 0 N–H and O–H groups in total. The minimum Gasteiger partial charge on any atom is -0.494 e. The predicted molar refractivity (Wildman–Crippen MR) is 87.7 cm³/mol. The first-order valence-electron chi connectivity index (χ1n) is 7.62. The predicted octanol–water partition coefficient (Wildman–Crippen LogP) is 4.70. The van der Waals surface area contributed by atoms with E-state index in [1.54, 1.807) is 24.3 Å². The highest BCUT2D eigenvalue weighted by atomic mass is 16.5. The largest absolute Gasteiger partial charge is 0.494 e. The summed E-state index contributed by atoms with van der Waals surface area (Å²) >= 11 is 0. The first-order chi connectivity index (χ1) is 10.6. The minimum absolute atomic E-state index is 0.353. The van der Waals surface area contributed by atoms with E-state index in [4.69, 9.17) is 9.47 Å². The van der Waals surface area contributed by atoms with Crippen LogP contribution in [-0.2, 0) is 0 Å². The standard InChI is InChI=1S/C19H22O3/c1-4-5-12-21-17-10-8-16(9-11-17)19(20)22-18-13-14(2)6-7-15(18)3/h6-11,13H,4-5,12H2,1-3H3. The summed E-state index contributed by atoms with van der Waals surface area (Å²) in [6.45, 7) is 6.71. The average Bonchev–Trinajstić information content (AvgIpc) is 2.52. The SMILES string of the molecule is CCCCOc1ccc(C(=O)Oc2cc(C)ccc2C)cc1. The third kappa shape index (κ3) is 4.35. The molecular formula is C19H22O3. The Morgan fingerprint density at radius 2 is 1.77 bits per heavy atom. The van der Waals surface area contributed by atoms with Crippen LogP contribution in [0.25, 0.3) is 0 Å². The average molecular weight is 298 g/mol. The molecule has 2 rings (SSSR count). The number of carbonyl (C=O) groups is 1. The third-order valence-corrected chi connectivity index (χ3v) is 3.40. The molecule has 0 fully saturated rings. The molecule has 0 bridgehead atoms. The van der Waals surface area contributed by atoms with Crippen LogP contribution in [0.15, 0.2) is 42.5 Å². The molecule has 0 aromatic heterocycles. The zero-order valence-corrected chi connectivity index (χ0v) is 13.4. The summed E-state index contributed by atoms with van der Waals surface area (Å²) in [7, 11) is 0. The van der Waals surface area contributed by atoms with Gasteiger partial charge in [0, 0.05) is 0 Å². The van der Waals surface area contributed by atoms with E-state index in [-0.39, 0.29) is 5.97 Å². The van der Waals surface area contributed by atoms with Crippen LogP contribution in [0.1, 0.15) is 41.3 Å². The molecule has 0 heterocycles. The van der Waals surface area contributed by atoms with Crippen molar-refractivity contribution in [1.82, 2.24) is 0 Å². The number of esters is 1. The molecule has 0 aliphatic rings. The molecule has 3 nitrogen and oxygen atoms in total. The highest BCUT2D eigenvalue weighted by Crippen LogP contribution is 2.21. The van der Waals surface area contributed by atoms with Crippen LogP contribution >= 0.6 is 0 Å². The summed E-state index contributed by atoms with van der Waals surface area (Å²) in [5.41, 5.74) is 2.52. The van der Waals surface area contributed by atoms with Crippen molar-refractivity contribution in [2.75, 3.05) is 6.61 Å². The first kappa shape index (κ1) is 16.1. The molecule has 116 valence electrons. The van der Waals surface area contributed by atoms with Gasteiger partial charge in [-0.15, -0.1) is 0 Å². The van der Waals surface area contributed by atoms with E-state index >= 15 is 0 Å². The van der Waals surface area contributed by atoms with E-state index in [0.717, 1.165) is 29.7 Å². The molecule has 2 aromatic rings. The van der Waals surface area contributed by atoms with Crippen molar-refractivity contribution in [1.29, 1.82) is 0 Å². The van der Waals surface area contributed by atoms with E-state index in [2.05, 4.69) is 6.92 Å². The fourth-order valence-corrected chi connectivity index (χ4v) is 2.00. The minimum atomic E-state index is -0.353. The summed E-state index contributed by atoms with van der Waals surface area (Å²) in [5.74, 6) is 1.03. The maximum absolute atomic E-state index is 12.2. The molecule has 0 unspecified atom stereocenters. The first-order valence-corrected chi connectivity index (χ1v) is 7.62. The van der Waals surface area contributed by atoms with Crippen molar-refractivity contribution < 1.29 is 14.3 Å². The lowest BCUT2D eigenvalue weighted by Gasteiger charge is -2.09. The van der Waals surface area contributed by atoms with Gasteiger partial charge >= 0.3 is 5.97 Å². The Morgan fingerprint density at radius 1 is 1.05 bits per heavy atom. The lowest BCUT2D eigenvalue weighted by atomic mass is 10.1. The van der Waals surface area contributed by atoms with Crippen LogP contribution in [-0.4, -0.2) is 12.6 Å². The maximum atomic E-state index is 12.2. The fourth-order valence-electron chi connectivity index (χ4n) is 2.00. The summed E-state index contributed by atoms with van der Waals surface area (Å²) in [4.78, 5) is 12.2. The highest BCUT2D eigenvalue weighted by Gasteiger charge is 2.10. The molecular weight excluding hydrogens is 276 g/mol. The maximum Gasteiger partial charge on any atom is 0.343 e. The van der Waals surface area contributed by atoms with Gasteiger partial charge in [0.15, 0.2) is 0 Å². The van der Waals surface area contributed by atoms with Crippen molar-refractivity contribution in [2.45, 2.75) is 33.6 Å². The second-order valence-electron chi connectivity index (χ2n) is 5.38. The fraction of sp³-hybridized carbons (Fsp3) is 0.316. The van der Waals surface area contributed by atoms with Gasteiger partial charge < -0.3 is 9.47 Å². The summed E-state index contributed by atoms with van der Waals surface area (Å²) in [5, 5.41) is 0. The Labute approximate surface area is 131 Å². The van der Waals surface area contributed by atoms with Gasteiger partial charge in [0.25, 0.3) is 0 Å². The normalized spacial score (nSPS) is 10.3. The molecule has 3 heteroatoms. The van der Waals surface area contributed by atoms with E-state index in [1.165, 1.54) is 0 Å². The molecule has 0 spiro atoms.